The van der Waals surface area contributed by atoms with Gasteiger partial charge in [-0.15, -0.1) is 22.7 Å². The summed E-state index contributed by atoms with van der Waals surface area (Å²) in [5, 5.41) is 12.2. The molecule has 0 fully saturated rings. The van der Waals surface area contributed by atoms with Crippen molar-refractivity contribution < 1.29 is 4.79 Å². The van der Waals surface area contributed by atoms with Crippen LogP contribution in [0.5, 0.6) is 0 Å². The van der Waals surface area contributed by atoms with Crippen LogP contribution in [0.1, 0.15) is 22.2 Å². The Labute approximate surface area is 180 Å². The lowest BCUT2D eigenvalue weighted by Gasteiger charge is -2.20. The summed E-state index contributed by atoms with van der Waals surface area (Å²) < 4.78 is 0. The topological polar surface area (TPSA) is 58.5 Å². The molecule has 3 aromatic heterocycles. The number of benzene rings is 1. The predicted octanol–water partition coefficient (Wildman–Crippen LogP) is 5.22. The van der Waals surface area contributed by atoms with E-state index in [0.29, 0.717) is 0 Å². The second-order valence-corrected chi connectivity index (χ2v) is 9.37. The molecule has 1 amide bonds. The molecule has 0 unspecified atom stereocenters. The van der Waals surface area contributed by atoms with Crippen molar-refractivity contribution in [1.82, 2.24) is 15.0 Å². The molecule has 0 N–H and O–H groups in total. The maximum Gasteiger partial charge on any atom is 0.253 e. The van der Waals surface area contributed by atoms with Crippen molar-refractivity contribution in [2.24, 2.45) is 5.10 Å². The first-order chi connectivity index (χ1) is 14.3. The fourth-order valence-electron chi connectivity index (χ4n) is 3.33. The Kier molecular flexibility index (Phi) is 5.13. The van der Waals surface area contributed by atoms with Gasteiger partial charge in [-0.3, -0.25) is 4.79 Å². The van der Waals surface area contributed by atoms with Crippen LogP contribution in [0.4, 0.5) is 0 Å². The van der Waals surface area contributed by atoms with Gasteiger partial charge in [0.25, 0.3) is 5.91 Å². The van der Waals surface area contributed by atoms with Crippen LogP contribution in [0.3, 0.4) is 0 Å². The quantitative estimate of drug-likeness (QED) is 0.318. The first-order valence-electron chi connectivity index (χ1n) is 9.09. The molecule has 5 rings (SSSR count). The van der Waals surface area contributed by atoms with Crippen LogP contribution in [-0.2, 0) is 4.79 Å². The number of hydrogen-bond donors (Lipinski definition) is 0. The first-order valence-corrected chi connectivity index (χ1v) is 11.8. The van der Waals surface area contributed by atoms with Crippen LogP contribution in [0.15, 0.2) is 75.7 Å². The summed E-state index contributed by atoms with van der Waals surface area (Å²) in [5.41, 5.74) is 1.86. The zero-order chi connectivity index (χ0) is 19.6. The van der Waals surface area contributed by atoms with Crippen LogP contribution < -0.4 is 0 Å². The molecule has 1 aliphatic rings. The lowest BCUT2D eigenvalue weighted by molar-refractivity contribution is -0.130. The molecule has 4 aromatic rings. The van der Waals surface area contributed by atoms with Gasteiger partial charge in [0, 0.05) is 16.7 Å². The number of carbonyl (C=O) groups is 1. The van der Waals surface area contributed by atoms with Gasteiger partial charge in [-0.1, -0.05) is 42.1 Å². The molecule has 1 aromatic carbocycles. The number of rotatable bonds is 5. The molecule has 5 nitrogen and oxygen atoms in total. The summed E-state index contributed by atoms with van der Waals surface area (Å²) in [6.07, 6.45) is 2.29. The number of thioether (sulfide) groups is 1. The van der Waals surface area contributed by atoms with E-state index in [9.17, 15) is 4.79 Å². The SMILES string of the molecule is O=C(CSc1ncnc2ccccc12)N1N=C(c2cccs2)C[C@@H]1c1cccs1. The van der Waals surface area contributed by atoms with Crippen molar-refractivity contribution in [3.8, 4) is 0 Å². The van der Waals surface area contributed by atoms with Crippen LogP contribution >= 0.6 is 34.4 Å². The fraction of sp³-hybridized carbons (Fsp3) is 0.143. The summed E-state index contributed by atoms with van der Waals surface area (Å²) >= 11 is 4.76. The van der Waals surface area contributed by atoms with Gasteiger partial charge < -0.3 is 0 Å². The second kappa shape index (κ2) is 8.06. The first kappa shape index (κ1) is 18.5. The third kappa shape index (κ3) is 3.71. The van der Waals surface area contributed by atoms with E-state index >= 15 is 0 Å². The number of carbonyl (C=O) groups excluding carboxylic acids is 1. The Bertz CT molecular complexity index is 1170. The third-order valence-electron chi connectivity index (χ3n) is 4.68. The molecule has 29 heavy (non-hydrogen) atoms. The highest BCUT2D eigenvalue weighted by molar-refractivity contribution is 8.00. The molecular formula is C21H16N4OS3. The molecule has 0 radical (unpaired) electrons. The Balaban J connectivity index is 1.39. The van der Waals surface area contributed by atoms with E-state index in [1.54, 1.807) is 34.0 Å². The highest BCUT2D eigenvalue weighted by atomic mass is 32.2. The summed E-state index contributed by atoms with van der Waals surface area (Å²) in [6.45, 7) is 0. The van der Waals surface area contributed by atoms with Gasteiger partial charge in [0.1, 0.15) is 11.4 Å². The molecule has 0 aliphatic carbocycles. The van der Waals surface area contributed by atoms with E-state index in [2.05, 4.69) is 22.1 Å². The van der Waals surface area contributed by atoms with Gasteiger partial charge in [0.05, 0.1) is 27.9 Å². The van der Waals surface area contributed by atoms with Gasteiger partial charge >= 0.3 is 0 Å². The van der Waals surface area contributed by atoms with Crippen molar-refractivity contribution in [2.75, 3.05) is 5.75 Å². The normalized spacial score (nSPS) is 16.3. The van der Waals surface area contributed by atoms with Crippen molar-refractivity contribution in [1.29, 1.82) is 0 Å². The van der Waals surface area contributed by atoms with Crippen molar-refractivity contribution in [3.63, 3.8) is 0 Å². The summed E-state index contributed by atoms with van der Waals surface area (Å²) in [6, 6.07) is 16.0. The van der Waals surface area contributed by atoms with E-state index in [1.807, 2.05) is 47.2 Å². The average molecular weight is 437 g/mol. The Morgan fingerprint density at radius 2 is 1.93 bits per heavy atom. The van der Waals surface area contributed by atoms with Crippen LogP contribution in [0, 0.1) is 0 Å². The molecule has 0 bridgehead atoms. The lowest BCUT2D eigenvalue weighted by atomic mass is 10.1. The Morgan fingerprint density at radius 3 is 2.76 bits per heavy atom. The number of thiophene rings is 2. The zero-order valence-corrected chi connectivity index (χ0v) is 17.7. The van der Waals surface area contributed by atoms with Gasteiger partial charge in [0.2, 0.25) is 0 Å². The minimum atomic E-state index is -0.0395. The number of nitrogens with zero attached hydrogens (tertiary/aromatic N) is 4. The van der Waals surface area contributed by atoms with E-state index < -0.39 is 0 Å². The molecular weight excluding hydrogens is 420 g/mol. The van der Waals surface area contributed by atoms with Crippen molar-refractivity contribution in [3.05, 3.63) is 75.4 Å². The molecule has 0 saturated carbocycles. The van der Waals surface area contributed by atoms with Gasteiger partial charge in [0.15, 0.2) is 0 Å². The molecule has 8 heteroatoms. The minimum Gasteiger partial charge on any atom is -0.272 e. The highest BCUT2D eigenvalue weighted by Crippen LogP contribution is 2.36. The number of hydrogen-bond acceptors (Lipinski definition) is 7. The van der Waals surface area contributed by atoms with Crippen molar-refractivity contribution >= 4 is 57.0 Å². The van der Waals surface area contributed by atoms with Crippen LogP contribution in [0.25, 0.3) is 10.9 Å². The van der Waals surface area contributed by atoms with E-state index in [1.165, 1.54) is 11.8 Å². The standard InChI is InChI=1S/C21H16N4OS3/c26-20(12-29-21-14-5-1-2-6-15(14)22-13-23-21)25-17(19-8-4-10-28-19)11-16(24-25)18-7-3-9-27-18/h1-10,13,17H,11-12H2/t17-/m1/s1. The van der Waals surface area contributed by atoms with Gasteiger partial charge in [-0.05, 0) is 29.0 Å². The zero-order valence-electron chi connectivity index (χ0n) is 15.3. The summed E-state index contributed by atoms with van der Waals surface area (Å²) in [5.74, 6) is 0.270. The molecule has 0 saturated heterocycles. The van der Waals surface area contributed by atoms with E-state index in [0.717, 1.165) is 37.8 Å². The number of fused-ring (bicyclic) bond motifs is 1. The van der Waals surface area contributed by atoms with E-state index in [-0.39, 0.29) is 17.7 Å². The largest absolute Gasteiger partial charge is 0.272 e. The fourth-order valence-corrected chi connectivity index (χ4v) is 5.70. The van der Waals surface area contributed by atoms with E-state index in [4.69, 9.17) is 5.10 Å². The summed E-state index contributed by atoms with van der Waals surface area (Å²) in [4.78, 5) is 24.1. The third-order valence-corrected chi connectivity index (χ3v) is 7.56. The predicted molar refractivity (Wildman–Crippen MR) is 120 cm³/mol. The smallest absolute Gasteiger partial charge is 0.253 e. The lowest BCUT2D eigenvalue weighted by Crippen LogP contribution is -2.28. The molecule has 1 atom stereocenters. The maximum atomic E-state index is 13.1. The van der Waals surface area contributed by atoms with Crippen LogP contribution in [0.2, 0.25) is 0 Å². The van der Waals surface area contributed by atoms with Crippen LogP contribution in [-0.4, -0.2) is 32.3 Å². The average Bonchev–Trinajstić information content (AvgIpc) is 3.52. The molecule has 0 spiro atoms. The van der Waals surface area contributed by atoms with Crippen molar-refractivity contribution in [2.45, 2.75) is 17.5 Å². The second-order valence-electron chi connectivity index (χ2n) is 6.48. The Morgan fingerprint density at radius 1 is 1.07 bits per heavy atom. The summed E-state index contributed by atoms with van der Waals surface area (Å²) in [7, 11) is 0. The molecule has 144 valence electrons. The Hall–Kier alpha value is -2.55. The molecule has 4 heterocycles. The number of amides is 1. The number of aromatic nitrogens is 2. The minimum absolute atomic E-state index is 0.0114. The highest BCUT2D eigenvalue weighted by Gasteiger charge is 2.34. The molecule has 1 aliphatic heterocycles. The monoisotopic (exact) mass is 436 g/mol. The number of hydrazone groups is 1. The number of para-hydroxylation sites is 1. The van der Waals surface area contributed by atoms with Gasteiger partial charge in [-0.2, -0.15) is 5.10 Å². The maximum absolute atomic E-state index is 13.1. The van der Waals surface area contributed by atoms with Gasteiger partial charge in [-0.25, -0.2) is 15.0 Å².